The molecule has 1 amide bonds. The number of hydrogen-bond donors (Lipinski definition) is 2. The van der Waals surface area contributed by atoms with Gasteiger partial charge in [-0.3, -0.25) is 9.69 Å². The maximum Gasteiger partial charge on any atom is 0.230 e. The van der Waals surface area contributed by atoms with Crippen LogP contribution in [0.3, 0.4) is 0 Å². The third kappa shape index (κ3) is 3.17. The normalized spacial score (nSPS) is 26.3. The minimum absolute atomic E-state index is 0.0133. The predicted molar refractivity (Wildman–Crippen MR) is 104 cm³/mol. The number of hydrogen-bond acceptors (Lipinski definition) is 4. The van der Waals surface area contributed by atoms with Crippen LogP contribution in [0.2, 0.25) is 0 Å². The van der Waals surface area contributed by atoms with Gasteiger partial charge in [-0.15, -0.1) is 0 Å². The lowest BCUT2D eigenvalue weighted by atomic mass is 9.71. The number of aryl methyl sites for hydroxylation is 1. The Bertz CT molecular complexity index is 832. The number of nitrogens with one attached hydrogen (secondary N) is 1. The van der Waals surface area contributed by atoms with Gasteiger partial charge in [-0.25, -0.2) is 4.68 Å². The van der Waals surface area contributed by atoms with Crippen molar-refractivity contribution in [2.75, 3.05) is 19.6 Å². The Balaban J connectivity index is 1.58. The van der Waals surface area contributed by atoms with Crippen LogP contribution in [0.25, 0.3) is 5.69 Å². The number of aliphatic hydroxyl groups is 1. The van der Waals surface area contributed by atoms with Crippen LogP contribution < -0.4 is 5.32 Å². The second-order valence-electron chi connectivity index (χ2n) is 7.93. The third-order valence-corrected chi connectivity index (χ3v) is 6.22. The van der Waals surface area contributed by atoms with Crippen LogP contribution in [-0.4, -0.2) is 51.4 Å². The number of benzene rings is 1. The Morgan fingerprint density at radius 3 is 2.81 bits per heavy atom. The molecule has 1 aromatic carbocycles. The summed E-state index contributed by atoms with van der Waals surface area (Å²) in [4.78, 5) is 14.9. The molecule has 4 rings (SSSR count). The van der Waals surface area contributed by atoms with Crippen LogP contribution in [0.5, 0.6) is 0 Å². The average molecular weight is 368 g/mol. The molecule has 27 heavy (non-hydrogen) atoms. The van der Waals surface area contributed by atoms with Gasteiger partial charge < -0.3 is 10.4 Å². The quantitative estimate of drug-likeness (QED) is 0.869. The molecule has 2 aliphatic heterocycles. The van der Waals surface area contributed by atoms with E-state index in [2.05, 4.69) is 29.3 Å². The summed E-state index contributed by atoms with van der Waals surface area (Å²) in [6, 6.07) is 10.2. The van der Waals surface area contributed by atoms with Crippen molar-refractivity contribution >= 4 is 5.91 Å². The molecule has 0 radical (unpaired) electrons. The fourth-order valence-corrected chi connectivity index (χ4v) is 4.61. The van der Waals surface area contributed by atoms with Crippen LogP contribution in [0, 0.1) is 19.3 Å². The van der Waals surface area contributed by atoms with Crippen molar-refractivity contribution in [1.82, 2.24) is 20.0 Å². The lowest BCUT2D eigenvalue weighted by molar-refractivity contribution is -0.149. The van der Waals surface area contributed by atoms with Crippen molar-refractivity contribution in [3.63, 3.8) is 0 Å². The van der Waals surface area contributed by atoms with Crippen molar-refractivity contribution in [1.29, 1.82) is 0 Å². The van der Waals surface area contributed by atoms with Gasteiger partial charge in [0.05, 0.1) is 22.9 Å². The first-order valence-electron chi connectivity index (χ1n) is 9.80. The molecule has 1 spiro atoms. The van der Waals surface area contributed by atoms with Gasteiger partial charge >= 0.3 is 0 Å². The summed E-state index contributed by atoms with van der Waals surface area (Å²) < 4.78 is 1.99. The molecule has 2 aliphatic rings. The number of carbonyl (C=O) groups excluding carboxylic acids is 1. The first-order valence-corrected chi connectivity index (χ1v) is 9.80. The van der Waals surface area contributed by atoms with E-state index in [-0.39, 0.29) is 5.91 Å². The van der Waals surface area contributed by atoms with E-state index in [0.717, 1.165) is 49.6 Å². The van der Waals surface area contributed by atoms with E-state index < -0.39 is 11.5 Å². The Morgan fingerprint density at radius 1 is 1.30 bits per heavy atom. The number of likely N-dealkylation sites (tertiary alicyclic amines) is 1. The highest BCUT2D eigenvalue weighted by atomic mass is 16.3. The highest BCUT2D eigenvalue weighted by Crippen LogP contribution is 2.38. The summed E-state index contributed by atoms with van der Waals surface area (Å²) in [5.41, 5.74) is 3.76. The molecule has 0 bridgehead atoms. The molecular weight excluding hydrogens is 340 g/mol. The number of aromatic nitrogens is 2. The number of aliphatic hydroxyl groups excluding tert-OH is 1. The van der Waals surface area contributed by atoms with E-state index in [1.807, 2.05) is 29.8 Å². The molecule has 0 aliphatic carbocycles. The summed E-state index contributed by atoms with van der Waals surface area (Å²) in [6.45, 7) is 7.02. The topological polar surface area (TPSA) is 70.4 Å². The van der Waals surface area contributed by atoms with E-state index in [1.165, 1.54) is 5.56 Å². The first-order chi connectivity index (χ1) is 13.0. The second kappa shape index (κ2) is 7.09. The van der Waals surface area contributed by atoms with Crippen molar-refractivity contribution < 1.29 is 9.90 Å². The Hall–Kier alpha value is -2.18. The van der Waals surface area contributed by atoms with Crippen LogP contribution in [0.1, 0.15) is 36.2 Å². The van der Waals surface area contributed by atoms with E-state index >= 15 is 0 Å². The minimum atomic E-state index is -0.659. The maximum atomic E-state index is 12.6. The Morgan fingerprint density at radius 2 is 2.07 bits per heavy atom. The zero-order valence-electron chi connectivity index (χ0n) is 16.1. The highest BCUT2D eigenvalue weighted by Gasteiger charge is 2.49. The zero-order chi connectivity index (χ0) is 19.0. The molecular formula is C21H28N4O2. The zero-order valence-corrected chi connectivity index (χ0v) is 16.1. The number of carbonyl (C=O) groups is 1. The number of amides is 1. The SMILES string of the molecule is Cc1nn(-c2ccccc2)c(C)c1CN1CC[C@H](O)[C@@]2(CCCNC2=O)C1. The monoisotopic (exact) mass is 368 g/mol. The van der Waals surface area contributed by atoms with Gasteiger partial charge in [-0.05, 0) is 45.2 Å². The summed E-state index contributed by atoms with van der Waals surface area (Å²) in [7, 11) is 0. The molecule has 1 aromatic heterocycles. The lowest BCUT2D eigenvalue weighted by Crippen LogP contribution is -2.61. The summed E-state index contributed by atoms with van der Waals surface area (Å²) in [5.74, 6) is 0.0133. The van der Waals surface area contributed by atoms with Gasteiger partial charge in [-0.1, -0.05) is 18.2 Å². The fourth-order valence-electron chi connectivity index (χ4n) is 4.61. The number of rotatable bonds is 3. The van der Waals surface area contributed by atoms with Crippen LogP contribution in [-0.2, 0) is 11.3 Å². The summed E-state index contributed by atoms with van der Waals surface area (Å²) in [6.07, 6.45) is 1.78. The van der Waals surface area contributed by atoms with Gasteiger partial charge in [0, 0.05) is 37.4 Å². The largest absolute Gasteiger partial charge is 0.392 e. The molecule has 0 unspecified atom stereocenters. The predicted octanol–water partition coefficient (Wildman–Crippen LogP) is 1.95. The van der Waals surface area contributed by atoms with Crippen LogP contribution in [0.4, 0.5) is 0 Å². The Labute approximate surface area is 160 Å². The Kier molecular flexibility index (Phi) is 4.78. The smallest absolute Gasteiger partial charge is 0.230 e. The molecule has 2 atom stereocenters. The van der Waals surface area contributed by atoms with Gasteiger partial charge in [0.2, 0.25) is 5.91 Å². The van der Waals surface area contributed by atoms with Crippen molar-refractivity contribution in [3.05, 3.63) is 47.3 Å². The fraction of sp³-hybridized carbons (Fsp3) is 0.524. The number of para-hydroxylation sites is 1. The van der Waals surface area contributed by atoms with Crippen molar-refractivity contribution in [3.8, 4) is 5.69 Å². The first kappa shape index (κ1) is 18.2. The van der Waals surface area contributed by atoms with E-state index in [1.54, 1.807) is 0 Å². The molecule has 2 fully saturated rings. The van der Waals surface area contributed by atoms with Crippen LogP contribution in [0.15, 0.2) is 30.3 Å². The molecule has 2 saturated heterocycles. The van der Waals surface area contributed by atoms with Gasteiger partial charge in [0.15, 0.2) is 0 Å². The number of piperidine rings is 2. The molecule has 0 saturated carbocycles. The van der Waals surface area contributed by atoms with E-state index in [9.17, 15) is 9.90 Å². The molecule has 6 nitrogen and oxygen atoms in total. The average Bonchev–Trinajstić information content (AvgIpc) is 2.96. The molecule has 2 aromatic rings. The van der Waals surface area contributed by atoms with E-state index in [4.69, 9.17) is 5.10 Å². The standard InChI is InChI=1S/C21H28N4O2/c1-15-18(16(2)25(23-15)17-7-4-3-5-8-17)13-24-12-9-19(26)21(14-24)10-6-11-22-20(21)27/h3-5,7-8,19,26H,6,9-14H2,1-2H3,(H,22,27)/t19-,21+/m0/s1. The molecule has 2 N–H and O–H groups in total. The van der Waals surface area contributed by atoms with Crippen LogP contribution >= 0.6 is 0 Å². The van der Waals surface area contributed by atoms with Gasteiger partial charge in [0.25, 0.3) is 0 Å². The van der Waals surface area contributed by atoms with Crippen molar-refractivity contribution in [2.24, 2.45) is 5.41 Å². The van der Waals surface area contributed by atoms with Crippen molar-refractivity contribution in [2.45, 2.75) is 45.8 Å². The van der Waals surface area contributed by atoms with Gasteiger partial charge in [-0.2, -0.15) is 5.10 Å². The molecule has 144 valence electrons. The maximum absolute atomic E-state index is 12.6. The van der Waals surface area contributed by atoms with E-state index in [0.29, 0.717) is 13.0 Å². The summed E-state index contributed by atoms with van der Waals surface area (Å²) >= 11 is 0. The van der Waals surface area contributed by atoms with Gasteiger partial charge in [0.1, 0.15) is 0 Å². The summed E-state index contributed by atoms with van der Waals surface area (Å²) in [5, 5.41) is 18.3. The highest BCUT2D eigenvalue weighted by molar-refractivity contribution is 5.84. The molecule has 3 heterocycles. The minimum Gasteiger partial charge on any atom is -0.392 e. The number of nitrogens with zero attached hydrogens (tertiary/aromatic N) is 3. The second-order valence-corrected chi connectivity index (χ2v) is 7.93. The lowest BCUT2D eigenvalue weighted by Gasteiger charge is -2.47. The molecule has 6 heteroatoms. The third-order valence-electron chi connectivity index (χ3n) is 6.22.